The number of halogens is 6. The number of nitrogens with zero attached hydrogens (tertiary/aromatic N) is 26. The number of aromatic nitrogens is 19. The van der Waals surface area contributed by atoms with Gasteiger partial charge in [0.1, 0.15) is 53.9 Å². The lowest BCUT2D eigenvalue weighted by molar-refractivity contribution is -0.179. The van der Waals surface area contributed by atoms with Crippen LogP contribution in [0.4, 0.5) is 132 Å². The van der Waals surface area contributed by atoms with Crippen LogP contribution in [0.15, 0.2) is 159 Å². The van der Waals surface area contributed by atoms with E-state index in [0.29, 0.717) is 230 Å². The van der Waals surface area contributed by atoms with Gasteiger partial charge in [-0.1, -0.05) is 6.07 Å². The molecule has 0 saturated carbocycles. The summed E-state index contributed by atoms with van der Waals surface area (Å²) in [4.78, 5) is 109. The molecule has 11 aromatic heterocycles. The minimum Gasteiger partial charge on any atom is -0.493 e. The number of pyridine rings is 3. The predicted octanol–water partition coefficient (Wildman–Crippen LogP) is 10.4. The van der Waals surface area contributed by atoms with Crippen molar-refractivity contribution in [2.75, 3.05) is 264 Å². The monoisotopic (exact) mass is 2000 g/mol. The third kappa shape index (κ3) is 26.8. The molecule has 8 aliphatic rings. The smallest absolute Gasteiger partial charge is 0.418 e. The number of hydrogen-bond acceptors (Lipinski definition) is 44. The Morgan fingerprint density at radius 1 is 0.372 bits per heavy atom. The van der Waals surface area contributed by atoms with E-state index in [4.69, 9.17) is 101 Å². The Kier molecular flexibility index (Phi) is 32.6. The van der Waals surface area contributed by atoms with Crippen LogP contribution in [0.1, 0.15) is 31.2 Å². The van der Waals surface area contributed by atoms with Crippen LogP contribution in [0.3, 0.4) is 0 Å². The first kappa shape index (κ1) is 100. The van der Waals surface area contributed by atoms with E-state index in [1.807, 2.05) is 86.3 Å². The number of ketones is 1. The Bertz CT molecular complexity index is 6490. The molecule has 44 nitrogen and oxygen atoms in total. The lowest BCUT2D eigenvalue weighted by atomic mass is 9.96. The summed E-state index contributed by atoms with van der Waals surface area (Å²) in [5.74, 6) is 8.71. The highest BCUT2D eigenvalue weighted by Gasteiger charge is 2.42. The number of ether oxygens (including phenoxy) is 9. The molecular formula is C95H106F6N34O10. The fraction of sp³-hybridized carbons (Fsp3) is 0.368. The average molecular weight is 2000 g/mol. The lowest BCUT2D eigenvalue weighted by Crippen LogP contribution is -2.40. The summed E-state index contributed by atoms with van der Waals surface area (Å²) in [5.41, 5.74) is 35.7. The van der Waals surface area contributed by atoms with Gasteiger partial charge in [-0.3, -0.25) is 9.78 Å². The minimum absolute atomic E-state index is 0.0563. The molecule has 0 unspecified atom stereocenters. The number of fused-ring (bicyclic) bond motifs is 1. The highest BCUT2D eigenvalue weighted by atomic mass is 19.4. The molecule has 19 heterocycles. The molecule has 145 heavy (non-hydrogen) atoms. The number of alkyl halides is 6. The van der Waals surface area contributed by atoms with Gasteiger partial charge in [-0.05, 0) is 73.9 Å². The number of anilines is 18. The van der Waals surface area contributed by atoms with E-state index in [2.05, 4.69) is 95.4 Å². The molecule has 0 spiro atoms. The Balaban J connectivity index is 0.000000124. The summed E-state index contributed by atoms with van der Waals surface area (Å²) in [6.07, 6.45) is 7.95. The molecule has 0 bridgehead atoms. The number of piperidine rings is 2. The third-order valence-corrected chi connectivity index (χ3v) is 23.8. The molecular weight excluding hydrogens is 1890 g/mol. The topological polar surface area (TPSA) is 534 Å². The second-order valence-electron chi connectivity index (χ2n) is 33.6. The zero-order valence-corrected chi connectivity index (χ0v) is 79.2. The number of nitrogens with two attached hydrogens (primary N) is 5. The van der Waals surface area contributed by atoms with Crippen molar-refractivity contribution in [2.45, 2.75) is 38.0 Å². The first-order chi connectivity index (χ1) is 70.4. The molecule has 21 rings (SSSR count). The molecule has 0 atom stereocenters. The van der Waals surface area contributed by atoms with Crippen molar-refractivity contribution in [3.8, 4) is 79.3 Å². The summed E-state index contributed by atoms with van der Waals surface area (Å²) in [5, 5.41) is 9.44. The van der Waals surface area contributed by atoms with E-state index < -0.39 is 23.8 Å². The van der Waals surface area contributed by atoms with Crippen LogP contribution in [0.5, 0.6) is 23.0 Å². The van der Waals surface area contributed by atoms with Gasteiger partial charge in [-0.2, -0.15) is 51.3 Å². The minimum atomic E-state index is -4.54. The van der Waals surface area contributed by atoms with Crippen LogP contribution in [0.2, 0.25) is 0 Å². The van der Waals surface area contributed by atoms with E-state index in [1.54, 1.807) is 69.6 Å². The summed E-state index contributed by atoms with van der Waals surface area (Å²) in [6, 6.07) is 28.5. The van der Waals surface area contributed by atoms with E-state index in [0.717, 1.165) is 127 Å². The Morgan fingerprint density at radius 3 is 1.19 bits per heavy atom. The number of benzene rings is 2. The molecule has 0 radical (unpaired) electrons. The summed E-state index contributed by atoms with van der Waals surface area (Å²) in [7, 11) is 3.21. The number of Topliss-reactive ketones (excluding diaryl/α,β-unsaturated/α-hetero) is 1. The first-order valence-electron chi connectivity index (χ1n) is 46.7. The van der Waals surface area contributed by atoms with Crippen molar-refractivity contribution in [3.63, 3.8) is 0 Å². The molecule has 8 aliphatic heterocycles. The maximum atomic E-state index is 13.4. The summed E-state index contributed by atoms with van der Waals surface area (Å²) >= 11 is 0. The Hall–Kier alpha value is -16.2. The SMILES string of the molecule is COc1ccc(Nc2cc(-c3ccc(N)nc3)nc(N3CCOCC3)n2)cc1OC.Nc1ccc(-c2cc(Nc3cccc4c3OCCO4)nc(N3CCOCC3)n2)cn1.Nc1ncc(-c2cc(N3CCC(C(F)(F)F)CC3)nc(N3CCOCC3)n2)cn1.Nc1ncc(-c2cc(N3CCCC(=O)C3)nc(N3CCOCC3)n2)cn1.Nc1ncc(-c2cc(Nc3cnccc3C(F)(F)F)nc(N3CCOCC3)n2)cn1. The maximum Gasteiger partial charge on any atom is 0.418 e. The number of para-hydroxylation sites is 1. The van der Waals surface area contributed by atoms with Crippen molar-refractivity contribution in [3.05, 3.63) is 165 Å². The zero-order valence-electron chi connectivity index (χ0n) is 79.2. The van der Waals surface area contributed by atoms with Crippen LogP contribution >= 0.6 is 0 Å². The predicted molar refractivity (Wildman–Crippen MR) is 530 cm³/mol. The molecule has 0 aliphatic carbocycles. The van der Waals surface area contributed by atoms with Crippen molar-refractivity contribution in [1.29, 1.82) is 0 Å². The second-order valence-corrected chi connectivity index (χ2v) is 33.6. The van der Waals surface area contributed by atoms with Crippen molar-refractivity contribution in [2.24, 2.45) is 5.92 Å². The van der Waals surface area contributed by atoms with Crippen LogP contribution in [-0.4, -0.2) is 292 Å². The van der Waals surface area contributed by atoms with Gasteiger partial charge in [0.15, 0.2) is 28.8 Å². The highest BCUT2D eigenvalue weighted by molar-refractivity contribution is 5.85. The molecule has 13 N–H and O–H groups in total. The van der Waals surface area contributed by atoms with Gasteiger partial charge in [0.05, 0.1) is 144 Å². The summed E-state index contributed by atoms with van der Waals surface area (Å²) in [6.45, 7) is 15.7. The molecule has 758 valence electrons. The van der Waals surface area contributed by atoms with Gasteiger partial charge in [0.2, 0.25) is 47.6 Å². The van der Waals surface area contributed by atoms with Crippen molar-refractivity contribution >= 4 is 111 Å². The van der Waals surface area contributed by atoms with Gasteiger partial charge in [0, 0.05) is 217 Å². The van der Waals surface area contributed by atoms with Crippen LogP contribution < -0.4 is 97.9 Å². The third-order valence-electron chi connectivity index (χ3n) is 23.8. The second kappa shape index (κ2) is 47.1. The van der Waals surface area contributed by atoms with Gasteiger partial charge < -0.3 is 122 Å². The number of carbonyl (C=O) groups excluding carboxylic acids is 1. The van der Waals surface area contributed by atoms with E-state index in [-0.39, 0.29) is 48.0 Å². The molecule has 7 fully saturated rings. The van der Waals surface area contributed by atoms with Crippen LogP contribution in [-0.2, 0) is 34.7 Å². The van der Waals surface area contributed by atoms with E-state index >= 15 is 0 Å². The number of hydrogen-bond donors (Lipinski definition) is 8. The highest BCUT2D eigenvalue weighted by Crippen LogP contribution is 2.43. The Morgan fingerprint density at radius 2 is 0.772 bits per heavy atom. The molecule has 13 aromatic rings. The fourth-order valence-corrected chi connectivity index (χ4v) is 16.2. The molecule has 0 amide bonds. The molecule has 2 aromatic carbocycles. The van der Waals surface area contributed by atoms with E-state index in [1.165, 1.54) is 18.5 Å². The standard InChI is InChI=1S/C21H22N6O3.C21H24N6O3.C18H17F3N8O.C18H22F3N7O.C17H21N7O2/c22-18-5-4-14(13-23-18)16-12-19(26-21(25-16)27-6-8-28-9-7-27)24-15-2-1-3-17-20(15)30-11-10-29-17;1-28-17-5-4-15(11-18(17)29-2)24-20-12-16(14-3-6-19(22)23-13-14)25-21(26-20)27-7-9-30-10-8-27;19-18(20,21)12-1-2-23-10-14(12)26-15-7-13(11-8-24-16(22)25-9-11)27-17(28-15)29-3-5-30-6-4-29;19-18(20,21)13-1-3-27(4-2-13)15-9-14(12-10-23-16(22)24-11-12)25-17(26-15)28-5-7-29-8-6-28;18-16-19-9-12(10-20-16)14-8-15(24-3-1-2-13(25)11-24)22-17(21-14)23-4-6-26-7-5-23/h1-5,12-13H,6-11H2,(H2,22,23)(H,24,25,26);3-6,11-13H,7-10H2,1-2H3,(H2,22,23)(H,24,25,26);1-2,7-10H,3-6H2,(H2,22,24,25)(H,26,27,28);9-11,13H,1-8H2,(H2,22,23,24);8-10H,1-7,11H2,(H2,18,19,20). The normalized spacial score (nSPS) is 16.1. The van der Waals surface area contributed by atoms with E-state index in [9.17, 15) is 31.1 Å². The van der Waals surface area contributed by atoms with Gasteiger partial charge >= 0.3 is 12.4 Å². The lowest BCUT2D eigenvalue weighted by Gasteiger charge is -2.34. The average Bonchev–Trinajstić information content (AvgIpc) is 0.870. The number of nitrogen functional groups attached to an aromatic ring is 5. The number of rotatable bonds is 20. The Labute approximate surface area is 827 Å². The summed E-state index contributed by atoms with van der Waals surface area (Å²) < 4.78 is 128. The fourth-order valence-electron chi connectivity index (χ4n) is 16.2. The van der Waals surface area contributed by atoms with Gasteiger partial charge in [0.25, 0.3) is 0 Å². The molecule has 50 heteroatoms. The number of morpholine rings is 5. The van der Waals surface area contributed by atoms with Crippen LogP contribution in [0, 0.1) is 5.92 Å². The number of carbonyl (C=O) groups is 1. The number of nitrogens with one attached hydrogen (secondary N) is 3. The van der Waals surface area contributed by atoms with Crippen molar-refractivity contribution < 1.29 is 73.8 Å². The van der Waals surface area contributed by atoms with Gasteiger partial charge in [-0.25, -0.2) is 64.8 Å². The largest absolute Gasteiger partial charge is 0.493 e. The quantitative estimate of drug-likeness (QED) is 0.0329. The van der Waals surface area contributed by atoms with Gasteiger partial charge in [-0.15, -0.1) is 0 Å². The zero-order chi connectivity index (χ0) is 101. The van der Waals surface area contributed by atoms with Crippen molar-refractivity contribution in [1.82, 2.24) is 94.7 Å². The molecule has 7 saturated heterocycles. The van der Waals surface area contributed by atoms with Crippen LogP contribution in [0.25, 0.3) is 56.3 Å². The maximum absolute atomic E-state index is 13.4. The number of methoxy groups -OCH3 is 2. The first-order valence-corrected chi connectivity index (χ1v) is 46.7.